The minimum absolute atomic E-state index is 0.00866. The van der Waals surface area contributed by atoms with E-state index in [0.717, 1.165) is 0 Å². The van der Waals surface area contributed by atoms with Crippen LogP contribution in [0.25, 0.3) is 0 Å². The molecule has 8 nitrogen and oxygen atoms in total. The van der Waals surface area contributed by atoms with Gasteiger partial charge in [0.15, 0.2) is 11.5 Å². The maximum atomic E-state index is 11.3. The lowest BCUT2D eigenvalue weighted by atomic mass is 10.2. The summed E-state index contributed by atoms with van der Waals surface area (Å²) in [5, 5.41) is 0. The van der Waals surface area contributed by atoms with E-state index in [1.54, 1.807) is 0 Å². The maximum Gasteiger partial charge on any atom is 0.308 e. The summed E-state index contributed by atoms with van der Waals surface area (Å²) in [5.41, 5.74) is 0. The van der Waals surface area contributed by atoms with Crippen molar-refractivity contribution in [3.63, 3.8) is 0 Å². The van der Waals surface area contributed by atoms with Crippen LogP contribution in [-0.4, -0.2) is 31.1 Å². The average molecular weight is 310 g/mol. The number of fused-ring (bicyclic) bond motifs is 1. The van der Waals surface area contributed by atoms with E-state index in [0.29, 0.717) is 0 Å². The Kier molecular flexibility index (Phi) is 4.50. The molecule has 0 spiro atoms. The van der Waals surface area contributed by atoms with E-state index in [2.05, 4.69) is 0 Å². The van der Waals surface area contributed by atoms with Crippen molar-refractivity contribution in [3.05, 3.63) is 6.07 Å². The minimum Gasteiger partial charge on any atom is -0.483 e. The van der Waals surface area contributed by atoms with E-state index in [-0.39, 0.29) is 42.0 Å². The van der Waals surface area contributed by atoms with Gasteiger partial charge in [0.1, 0.15) is 13.2 Å². The van der Waals surface area contributed by atoms with E-state index in [4.69, 9.17) is 23.7 Å². The summed E-state index contributed by atoms with van der Waals surface area (Å²) in [5.74, 6) is -1.93. The molecule has 118 valence electrons. The minimum atomic E-state index is -0.640. The lowest BCUT2D eigenvalue weighted by molar-refractivity contribution is -0.135. The zero-order valence-electron chi connectivity index (χ0n) is 12.3. The average Bonchev–Trinajstić information content (AvgIpc) is 2.41. The van der Waals surface area contributed by atoms with Crippen LogP contribution in [-0.2, 0) is 14.4 Å². The molecule has 0 radical (unpaired) electrons. The fourth-order valence-electron chi connectivity index (χ4n) is 1.83. The number of rotatable bonds is 3. The van der Waals surface area contributed by atoms with Crippen LogP contribution in [0.4, 0.5) is 0 Å². The van der Waals surface area contributed by atoms with E-state index in [9.17, 15) is 14.4 Å². The Morgan fingerprint density at radius 2 is 1.32 bits per heavy atom. The number of hydrogen-bond acceptors (Lipinski definition) is 8. The summed E-state index contributed by atoms with van der Waals surface area (Å²) in [7, 11) is 0. The monoisotopic (exact) mass is 310 g/mol. The molecule has 0 atom stereocenters. The molecule has 0 bridgehead atoms. The van der Waals surface area contributed by atoms with Crippen LogP contribution in [0.5, 0.6) is 28.7 Å². The molecule has 0 saturated heterocycles. The standard InChI is InChI=1S/C14H14O8/c1-7(15)20-10-6-11(21-8(2)16)13(22-9(3)17)14-12(10)18-4-5-19-14/h6H,4-5H2,1-3H3. The number of carbonyl (C=O) groups excluding carboxylic acids is 3. The Morgan fingerprint density at radius 3 is 1.86 bits per heavy atom. The van der Waals surface area contributed by atoms with E-state index in [1.165, 1.54) is 26.8 Å². The Hall–Kier alpha value is -2.77. The number of hydrogen-bond donors (Lipinski definition) is 0. The summed E-state index contributed by atoms with van der Waals surface area (Å²) < 4.78 is 25.9. The van der Waals surface area contributed by atoms with Crippen LogP contribution in [0, 0.1) is 0 Å². The molecule has 0 saturated carbocycles. The Bertz CT molecular complexity index is 634. The number of esters is 3. The third-order valence-corrected chi connectivity index (χ3v) is 2.45. The first-order valence-electron chi connectivity index (χ1n) is 6.40. The van der Waals surface area contributed by atoms with Crippen molar-refractivity contribution in [3.8, 4) is 28.7 Å². The van der Waals surface area contributed by atoms with Crippen LogP contribution in [0.3, 0.4) is 0 Å². The SMILES string of the molecule is CC(=O)Oc1cc(OC(C)=O)c(OC(C)=O)c2c1OCCO2. The molecule has 1 heterocycles. The van der Waals surface area contributed by atoms with Crippen molar-refractivity contribution >= 4 is 17.9 Å². The first kappa shape index (κ1) is 15.6. The van der Waals surface area contributed by atoms with Gasteiger partial charge < -0.3 is 23.7 Å². The van der Waals surface area contributed by atoms with Crippen molar-refractivity contribution < 1.29 is 38.1 Å². The van der Waals surface area contributed by atoms with Crippen LogP contribution >= 0.6 is 0 Å². The third-order valence-electron chi connectivity index (χ3n) is 2.45. The van der Waals surface area contributed by atoms with Crippen LogP contribution in [0.2, 0.25) is 0 Å². The molecule has 1 aromatic rings. The highest BCUT2D eigenvalue weighted by Crippen LogP contribution is 2.51. The van der Waals surface area contributed by atoms with Gasteiger partial charge in [-0.3, -0.25) is 14.4 Å². The lowest BCUT2D eigenvalue weighted by Gasteiger charge is -2.23. The van der Waals surface area contributed by atoms with Crippen molar-refractivity contribution in [2.45, 2.75) is 20.8 Å². The zero-order valence-corrected chi connectivity index (χ0v) is 12.3. The first-order valence-corrected chi connectivity index (χ1v) is 6.40. The predicted octanol–water partition coefficient (Wildman–Crippen LogP) is 1.23. The molecule has 1 aliphatic heterocycles. The Morgan fingerprint density at radius 1 is 0.818 bits per heavy atom. The summed E-state index contributed by atoms with van der Waals surface area (Å²) in [6, 6.07) is 1.23. The fourth-order valence-corrected chi connectivity index (χ4v) is 1.83. The number of carbonyl (C=O) groups is 3. The van der Waals surface area contributed by atoms with Gasteiger partial charge in [0.25, 0.3) is 0 Å². The maximum absolute atomic E-state index is 11.3. The molecule has 0 unspecified atom stereocenters. The molecule has 0 aliphatic carbocycles. The van der Waals surface area contributed by atoms with Gasteiger partial charge in [-0.1, -0.05) is 0 Å². The summed E-state index contributed by atoms with van der Waals surface area (Å²) in [6.45, 7) is 4.01. The smallest absolute Gasteiger partial charge is 0.308 e. The lowest BCUT2D eigenvalue weighted by Crippen LogP contribution is -2.19. The highest BCUT2D eigenvalue weighted by molar-refractivity contribution is 5.80. The zero-order chi connectivity index (χ0) is 16.3. The van der Waals surface area contributed by atoms with E-state index < -0.39 is 17.9 Å². The molecular weight excluding hydrogens is 296 g/mol. The van der Waals surface area contributed by atoms with Crippen molar-refractivity contribution in [2.75, 3.05) is 13.2 Å². The third kappa shape index (κ3) is 3.46. The van der Waals surface area contributed by atoms with Crippen molar-refractivity contribution in [1.82, 2.24) is 0 Å². The number of benzene rings is 1. The summed E-state index contributed by atoms with van der Waals surface area (Å²) in [6.07, 6.45) is 0. The second-order valence-electron chi connectivity index (χ2n) is 4.34. The van der Waals surface area contributed by atoms with Gasteiger partial charge >= 0.3 is 17.9 Å². The van der Waals surface area contributed by atoms with Crippen LogP contribution < -0.4 is 23.7 Å². The highest BCUT2D eigenvalue weighted by atomic mass is 16.6. The van der Waals surface area contributed by atoms with Gasteiger partial charge in [0.2, 0.25) is 17.2 Å². The van der Waals surface area contributed by atoms with Crippen molar-refractivity contribution in [2.24, 2.45) is 0 Å². The molecule has 0 aromatic heterocycles. The van der Waals surface area contributed by atoms with E-state index >= 15 is 0 Å². The largest absolute Gasteiger partial charge is 0.483 e. The fraction of sp³-hybridized carbons (Fsp3) is 0.357. The topological polar surface area (TPSA) is 97.4 Å². The molecule has 1 aliphatic rings. The van der Waals surface area contributed by atoms with Crippen molar-refractivity contribution in [1.29, 1.82) is 0 Å². The van der Waals surface area contributed by atoms with Crippen LogP contribution in [0.15, 0.2) is 6.07 Å². The second kappa shape index (κ2) is 6.33. The normalized spacial score (nSPS) is 12.3. The Balaban J connectivity index is 2.60. The molecule has 2 rings (SSSR count). The van der Waals surface area contributed by atoms with Gasteiger partial charge in [0, 0.05) is 26.8 Å². The van der Waals surface area contributed by atoms with Gasteiger partial charge in [0.05, 0.1) is 0 Å². The molecule has 0 N–H and O–H groups in total. The molecule has 1 aromatic carbocycles. The number of ether oxygens (including phenoxy) is 5. The van der Waals surface area contributed by atoms with Crippen LogP contribution in [0.1, 0.15) is 20.8 Å². The molecular formula is C14H14O8. The predicted molar refractivity (Wildman–Crippen MR) is 71.4 cm³/mol. The van der Waals surface area contributed by atoms with Gasteiger partial charge in [-0.2, -0.15) is 0 Å². The van der Waals surface area contributed by atoms with Gasteiger partial charge in [-0.05, 0) is 0 Å². The Labute approximate surface area is 125 Å². The quantitative estimate of drug-likeness (QED) is 0.607. The van der Waals surface area contributed by atoms with Gasteiger partial charge in [-0.15, -0.1) is 0 Å². The second-order valence-corrected chi connectivity index (χ2v) is 4.34. The van der Waals surface area contributed by atoms with E-state index in [1.807, 2.05) is 0 Å². The molecule has 0 amide bonds. The summed E-state index contributed by atoms with van der Waals surface area (Å²) >= 11 is 0. The molecule has 0 fully saturated rings. The summed E-state index contributed by atoms with van der Waals surface area (Å²) in [4.78, 5) is 33.6. The van der Waals surface area contributed by atoms with Gasteiger partial charge in [-0.25, -0.2) is 0 Å². The first-order chi connectivity index (χ1) is 10.4. The molecule has 22 heavy (non-hydrogen) atoms. The highest BCUT2D eigenvalue weighted by Gasteiger charge is 2.29. The molecule has 8 heteroatoms.